The molecule has 2 aromatic carbocycles. The van der Waals surface area contributed by atoms with Gasteiger partial charge in [0, 0.05) is 10.0 Å². The summed E-state index contributed by atoms with van der Waals surface area (Å²) < 4.78 is 6.68. The molecule has 0 aliphatic rings. The van der Waals surface area contributed by atoms with E-state index in [1.165, 1.54) is 0 Å². The molecule has 0 spiro atoms. The molecule has 0 saturated heterocycles. The number of nitrogens with zero attached hydrogens (tertiary/aromatic N) is 1. The Labute approximate surface area is 120 Å². The molecule has 0 bridgehead atoms. The molecule has 19 heavy (non-hydrogen) atoms. The van der Waals surface area contributed by atoms with E-state index in [1.807, 2.05) is 19.1 Å². The van der Waals surface area contributed by atoms with E-state index in [-0.39, 0.29) is 6.61 Å². The third kappa shape index (κ3) is 3.14. The molecular formula is C15H12BrNO2. The maximum Gasteiger partial charge on any atom is 0.133 e. The minimum atomic E-state index is -0.105. The second kappa shape index (κ2) is 5.87. The van der Waals surface area contributed by atoms with Crippen LogP contribution in [0.2, 0.25) is 0 Å². The average molecular weight is 318 g/mol. The van der Waals surface area contributed by atoms with Crippen LogP contribution in [0, 0.1) is 18.3 Å². The average Bonchev–Trinajstić information content (AvgIpc) is 2.43. The summed E-state index contributed by atoms with van der Waals surface area (Å²) in [5.74, 6) is 1.21. The van der Waals surface area contributed by atoms with Gasteiger partial charge in [-0.2, -0.15) is 5.26 Å². The Morgan fingerprint density at radius 1 is 1.21 bits per heavy atom. The van der Waals surface area contributed by atoms with Crippen LogP contribution in [0.4, 0.5) is 0 Å². The van der Waals surface area contributed by atoms with Crippen LogP contribution in [-0.2, 0) is 6.61 Å². The summed E-state index contributed by atoms with van der Waals surface area (Å²) in [6.45, 7) is 1.81. The molecule has 3 nitrogen and oxygen atoms in total. The number of aryl methyl sites for hydroxylation is 1. The maximum atomic E-state index is 9.34. The Kier molecular flexibility index (Phi) is 4.20. The summed E-state index contributed by atoms with van der Waals surface area (Å²) in [7, 11) is 0. The van der Waals surface area contributed by atoms with Gasteiger partial charge >= 0.3 is 0 Å². The summed E-state index contributed by atoms with van der Waals surface area (Å²) in [5, 5.41) is 18.2. The van der Waals surface area contributed by atoms with Crippen LogP contribution in [0.15, 0.2) is 40.9 Å². The standard InChI is InChI=1S/C15H12BrNO2/c1-10-2-3-11(8-17)6-15(10)19-14-5-4-13(16)7-12(14)9-18/h2-7,18H,9H2,1H3. The molecule has 0 fully saturated rings. The van der Waals surface area contributed by atoms with Crippen molar-refractivity contribution >= 4 is 15.9 Å². The first-order valence-corrected chi connectivity index (χ1v) is 6.51. The number of nitriles is 1. The molecule has 96 valence electrons. The SMILES string of the molecule is Cc1ccc(C#N)cc1Oc1ccc(Br)cc1CO. The van der Waals surface area contributed by atoms with E-state index < -0.39 is 0 Å². The van der Waals surface area contributed by atoms with Crippen LogP contribution in [-0.4, -0.2) is 5.11 Å². The summed E-state index contributed by atoms with van der Waals surface area (Å²) in [6, 6.07) is 12.8. The second-order valence-electron chi connectivity index (χ2n) is 4.10. The predicted molar refractivity (Wildman–Crippen MR) is 76.0 cm³/mol. The fourth-order valence-corrected chi connectivity index (χ4v) is 2.08. The zero-order chi connectivity index (χ0) is 13.8. The molecule has 0 radical (unpaired) electrons. The first kappa shape index (κ1) is 13.6. The minimum absolute atomic E-state index is 0.105. The molecule has 0 aliphatic carbocycles. The molecule has 4 heteroatoms. The Hall–Kier alpha value is -1.83. The summed E-state index contributed by atoms with van der Waals surface area (Å²) in [6.07, 6.45) is 0. The number of aliphatic hydroxyl groups is 1. The van der Waals surface area contributed by atoms with Crippen molar-refractivity contribution in [1.29, 1.82) is 5.26 Å². The smallest absolute Gasteiger partial charge is 0.133 e. The lowest BCUT2D eigenvalue weighted by molar-refractivity contribution is 0.276. The highest BCUT2D eigenvalue weighted by molar-refractivity contribution is 9.10. The third-order valence-corrected chi connectivity index (χ3v) is 3.22. The van der Waals surface area contributed by atoms with Gasteiger partial charge in [0.15, 0.2) is 0 Å². The van der Waals surface area contributed by atoms with Gasteiger partial charge in [0.25, 0.3) is 0 Å². The van der Waals surface area contributed by atoms with Gasteiger partial charge in [-0.25, -0.2) is 0 Å². The summed E-state index contributed by atoms with van der Waals surface area (Å²) >= 11 is 3.35. The summed E-state index contributed by atoms with van der Waals surface area (Å²) in [5.41, 5.74) is 2.17. The van der Waals surface area contributed by atoms with Gasteiger partial charge in [0.05, 0.1) is 18.2 Å². The molecule has 2 rings (SSSR count). The Balaban J connectivity index is 2.39. The zero-order valence-electron chi connectivity index (χ0n) is 10.4. The van der Waals surface area contributed by atoms with Crippen LogP contribution < -0.4 is 4.74 Å². The van der Waals surface area contributed by atoms with E-state index in [0.29, 0.717) is 22.6 Å². The van der Waals surface area contributed by atoms with Gasteiger partial charge in [-0.3, -0.25) is 0 Å². The van der Waals surface area contributed by atoms with Crippen molar-refractivity contribution in [2.45, 2.75) is 13.5 Å². The molecule has 0 saturated carbocycles. The number of benzene rings is 2. The highest BCUT2D eigenvalue weighted by Gasteiger charge is 2.08. The lowest BCUT2D eigenvalue weighted by atomic mass is 10.1. The van der Waals surface area contributed by atoms with E-state index >= 15 is 0 Å². The first-order valence-electron chi connectivity index (χ1n) is 5.72. The van der Waals surface area contributed by atoms with Crippen LogP contribution in [0.1, 0.15) is 16.7 Å². The van der Waals surface area contributed by atoms with Crippen molar-refractivity contribution in [3.8, 4) is 17.6 Å². The third-order valence-electron chi connectivity index (χ3n) is 2.73. The van der Waals surface area contributed by atoms with Crippen LogP contribution >= 0.6 is 15.9 Å². The number of halogens is 1. The number of rotatable bonds is 3. The quantitative estimate of drug-likeness (QED) is 0.933. The fourth-order valence-electron chi connectivity index (χ4n) is 1.67. The Morgan fingerprint density at radius 2 is 2.00 bits per heavy atom. The highest BCUT2D eigenvalue weighted by atomic mass is 79.9. The Morgan fingerprint density at radius 3 is 2.68 bits per heavy atom. The highest BCUT2D eigenvalue weighted by Crippen LogP contribution is 2.30. The molecule has 0 aromatic heterocycles. The largest absolute Gasteiger partial charge is 0.457 e. The van der Waals surface area contributed by atoms with Gasteiger partial charge in [0.1, 0.15) is 11.5 Å². The van der Waals surface area contributed by atoms with E-state index in [9.17, 15) is 5.11 Å². The molecule has 0 atom stereocenters. The second-order valence-corrected chi connectivity index (χ2v) is 5.02. The zero-order valence-corrected chi connectivity index (χ0v) is 11.9. The topological polar surface area (TPSA) is 53.2 Å². The van der Waals surface area contributed by atoms with E-state index in [0.717, 1.165) is 10.0 Å². The molecule has 0 unspecified atom stereocenters. The van der Waals surface area contributed by atoms with Gasteiger partial charge in [0.2, 0.25) is 0 Å². The number of aliphatic hydroxyl groups excluding tert-OH is 1. The van der Waals surface area contributed by atoms with Crippen molar-refractivity contribution in [3.05, 3.63) is 57.6 Å². The number of hydrogen-bond donors (Lipinski definition) is 1. The molecular weight excluding hydrogens is 306 g/mol. The minimum Gasteiger partial charge on any atom is -0.457 e. The molecule has 2 aromatic rings. The molecule has 0 heterocycles. The predicted octanol–water partition coefficient (Wildman–Crippen LogP) is 3.91. The van der Waals surface area contributed by atoms with Crippen molar-refractivity contribution in [3.63, 3.8) is 0 Å². The van der Waals surface area contributed by atoms with Gasteiger partial charge in [-0.1, -0.05) is 22.0 Å². The molecule has 0 aliphatic heterocycles. The van der Waals surface area contributed by atoms with Crippen molar-refractivity contribution in [2.75, 3.05) is 0 Å². The lowest BCUT2D eigenvalue weighted by Gasteiger charge is -2.12. The lowest BCUT2D eigenvalue weighted by Crippen LogP contribution is -1.94. The van der Waals surface area contributed by atoms with Crippen molar-refractivity contribution in [1.82, 2.24) is 0 Å². The van der Waals surface area contributed by atoms with Gasteiger partial charge in [-0.05, 0) is 42.8 Å². The van der Waals surface area contributed by atoms with E-state index in [4.69, 9.17) is 10.00 Å². The molecule has 1 N–H and O–H groups in total. The first-order chi connectivity index (χ1) is 9.13. The maximum absolute atomic E-state index is 9.34. The number of hydrogen-bond acceptors (Lipinski definition) is 3. The van der Waals surface area contributed by atoms with Gasteiger partial charge < -0.3 is 9.84 Å². The van der Waals surface area contributed by atoms with E-state index in [1.54, 1.807) is 24.3 Å². The van der Waals surface area contributed by atoms with Gasteiger partial charge in [-0.15, -0.1) is 0 Å². The van der Waals surface area contributed by atoms with E-state index in [2.05, 4.69) is 22.0 Å². The van der Waals surface area contributed by atoms with Crippen LogP contribution in [0.25, 0.3) is 0 Å². The number of ether oxygens (including phenoxy) is 1. The van der Waals surface area contributed by atoms with Crippen LogP contribution in [0.3, 0.4) is 0 Å². The van der Waals surface area contributed by atoms with Crippen molar-refractivity contribution < 1.29 is 9.84 Å². The monoisotopic (exact) mass is 317 g/mol. The summed E-state index contributed by atoms with van der Waals surface area (Å²) in [4.78, 5) is 0. The molecule has 0 amide bonds. The van der Waals surface area contributed by atoms with Crippen molar-refractivity contribution in [2.24, 2.45) is 0 Å². The van der Waals surface area contributed by atoms with Crippen LogP contribution in [0.5, 0.6) is 11.5 Å². The Bertz CT molecular complexity index is 647. The normalized spacial score (nSPS) is 10.0. The fraction of sp³-hybridized carbons (Fsp3) is 0.133.